The Morgan fingerprint density at radius 1 is 1.08 bits per heavy atom. The quantitative estimate of drug-likeness (QED) is 0.621. The van der Waals surface area contributed by atoms with Crippen LogP contribution in [0, 0.1) is 0 Å². The summed E-state index contributed by atoms with van der Waals surface area (Å²) in [4.78, 5) is 6.13. The molecule has 1 aromatic heterocycles. The van der Waals surface area contributed by atoms with Gasteiger partial charge in [0.2, 0.25) is 11.7 Å². The van der Waals surface area contributed by atoms with E-state index in [4.69, 9.17) is 16.1 Å². The van der Waals surface area contributed by atoms with Crippen LogP contribution in [-0.4, -0.2) is 22.1 Å². The van der Waals surface area contributed by atoms with Gasteiger partial charge in [0.1, 0.15) is 0 Å². The van der Waals surface area contributed by atoms with Crippen molar-refractivity contribution in [2.45, 2.75) is 19.3 Å². The van der Waals surface area contributed by atoms with E-state index in [9.17, 15) is 13.2 Å². The molecule has 0 saturated carbocycles. The minimum atomic E-state index is -4.42. The highest BCUT2D eigenvalue weighted by Crippen LogP contribution is 2.31. The highest BCUT2D eigenvalue weighted by atomic mass is 35.5. The predicted octanol–water partition coefficient (Wildman–Crippen LogP) is 5.04. The second-order valence-corrected chi connectivity index (χ2v) is 6.33. The zero-order valence-corrected chi connectivity index (χ0v) is 14.6. The van der Waals surface area contributed by atoms with Gasteiger partial charge in [-0.3, -0.25) is 4.90 Å². The lowest BCUT2D eigenvalue weighted by Gasteiger charge is -2.14. The molecule has 8 heteroatoms. The van der Waals surface area contributed by atoms with Gasteiger partial charge in [0.05, 0.1) is 12.1 Å². The van der Waals surface area contributed by atoms with E-state index >= 15 is 0 Å². The van der Waals surface area contributed by atoms with Gasteiger partial charge in [0.25, 0.3) is 0 Å². The van der Waals surface area contributed by atoms with E-state index in [1.54, 1.807) is 6.07 Å². The van der Waals surface area contributed by atoms with Gasteiger partial charge in [-0.2, -0.15) is 18.2 Å². The molecule has 0 aliphatic carbocycles. The molecule has 1 heterocycles. The van der Waals surface area contributed by atoms with Crippen molar-refractivity contribution in [3.8, 4) is 11.4 Å². The third-order valence-electron chi connectivity index (χ3n) is 3.66. The molecule has 0 saturated heterocycles. The smallest absolute Gasteiger partial charge is 0.338 e. The van der Waals surface area contributed by atoms with Crippen molar-refractivity contribution in [2.75, 3.05) is 7.05 Å². The second kappa shape index (κ2) is 7.47. The summed E-state index contributed by atoms with van der Waals surface area (Å²) < 4.78 is 43.6. The van der Waals surface area contributed by atoms with E-state index in [-0.39, 0.29) is 11.4 Å². The van der Waals surface area contributed by atoms with Crippen LogP contribution in [0.25, 0.3) is 11.4 Å². The number of hydrogen-bond acceptors (Lipinski definition) is 4. The Kier molecular flexibility index (Phi) is 5.29. The van der Waals surface area contributed by atoms with Gasteiger partial charge in [-0.25, -0.2) is 0 Å². The van der Waals surface area contributed by atoms with Crippen LogP contribution in [0.2, 0.25) is 5.02 Å². The average molecular weight is 382 g/mol. The summed E-state index contributed by atoms with van der Waals surface area (Å²) in [5, 5.41) is 4.44. The van der Waals surface area contributed by atoms with E-state index in [0.29, 0.717) is 24.0 Å². The molecule has 3 aromatic rings. The van der Waals surface area contributed by atoms with Crippen LogP contribution in [0.5, 0.6) is 0 Å². The lowest BCUT2D eigenvalue weighted by atomic mass is 10.1. The van der Waals surface area contributed by atoms with Gasteiger partial charge in [-0.1, -0.05) is 41.0 Å². The fraction of sp³-hybridized carbons (Fsp3) is 0.222. The highest BCUT2D eigenvalue weighted by Gasteiger charge is 2.30. The van der Waals surface area contributed by atoms with Crippen molar-refractivity contribution >= 4 is 11.6 Å². The van der Waals surface area contributed by atoms with E-state index in [1.165, 1.54) is 12.1 Å². The first kappa shape index (κ1) is 18.4. The largest absolute Gasteiger partial charge is 0.416 e. The first-order chi connectivity index (χ1) is 12.3. The zero-order valence-electron chi connectivity index (χ0n) is 13.8. The van der Waals surface area contributed by atoms with Gasteiger partial charge in [0, 0.05) is 17.1 Å². The summed E-state index contributed by atoms with van der Waals surface area (Å²) in [7, 11) is 1.87. The molecular formula is C18H15ClF3N3O. The molecule has 4 nitrogen and oxygen atoms in total. The first-order valence-corrected chi connectivity index (χ1v) is 8.12. The van der Waals surface area contributed by atoms with Gasteiger partial charge >= 0.3 is 6.18 Å². The van der Waals surface area contributed by atoms with Gasteiger partial charge in [0.15, 0.2) is 0 Å². The van der Waals surface area contributed by atoms with Crippen LogP contribution in [0.4, 0.5) is 13.2 Å². The van der Waals surface area contributed by atoms with Crippen molar-refractivity contribution in [3.05, 3.63) is 70.6 Å². The molecule has 0 bridgehead atoms. The van der Waals surface area contributed by atoms with Crippen LogP contribution in [0.15, 0.2) is 53.1 Å². The molecule has 26 heavy (non-hydrogen) atoms. The molecule has 0 spiro atoms. The number of hydrogen-bond donors (Lipinski definition) is 0. The number of rotatable bonds is 5. The SMILES string of the molecule is CN(Cc1cccc(Cl)c1)Cc1nc(-c2cccc(C(F)(F)F)c2)no1. The third-order valence-corrected chi connectivity index (χ3v) is 3.90. The van der Waals surface area contributed by atoms with Gasteiger partial charge < -0.3 is 4.52 Å². The Morgan fingerprint density at radius 2 is 1.85 bits per heavy atom. The fourth-order valence-electron chi connectivity index (χ4n) is 2.50. The Labute approximate surface area is 153 Å². The first-order valence-electron chi connectivity index (χ1n) is 7.74. The normalized spacial score (nSPS) is 11.9. The molecule has 0 aliphatic rings. The third kappa shape index (κ3) is 4.62. The molecule has 0 unspecified atom stereocenters. The molecule has 0 fully saturated rings. The molecule has 3 rings (SSSR count). The summed E-state index contributed by atoms with van der Waals surface area (Å²) >= 11 is 5.96. The predicted molar refractivity (Wildman–Crippen MR) is 91.4 cm³/mol. The van der Waals surface area contributed by atoms with Gasteiger partial charge in [-0.15, -0.1) is 0 Å². The lowest BCUT2D eigenvalue weighted by Crippen LogP contribution is -2.17. The van der Waals surface area contributed by atoms with Crippen molar-refractivity contribution in [1.82, 2.24) is 15.0 Å². The number of alkyl halides is 3. The number of halogens is 4. The topological polar surface area (TPSA) is 42.2 Å². The maximum absolute atomic E-state index is 12.8. The van der Waals surface area contributed by atoms with Crippen molar-refractivity contribution in [3.63, 3.8) is 0 Å². The Hall–Kier alpha value is -2.38. The monoisotopic (exact) mass is 381 g/mol. The maximum atomic E-state index is 12.8. The number of benzene rings is 2. The Balaban J connectivity index is 1.70. The molecular weight excluding hydrogens is 367 g/mol. The van der Waals surface area contributed by atoms with Crippen LogP contribution < -0.4 is 0 Å². The molecule has 0 aliphatic heterocycles. The second-order valence-electron chi connectivity index (χ2n) is 5.89. The zero-order chi connectivity index (χ0) is 18.7. The summed E-state index contributed by atoms with van der Waals surface area (Å²) in [5.74, 6) is 0.448. The van der Waals surface area contributed by atoms with Crippen LogP contribution >= 0.6 is 11.6 Å². The number of aromatic nitrogens is 2. The summed E-state index contributed by atoms with van der Waals surface area (Å²) in [6.45, 7) is 0.973. The Bertz CT molecular complexity index is 895. The molecule has 2 aromatic carbocycles. The Morgan fingerprint density at radius 3 is 2.58 bits per heavy atom. The van der Waals surface area contributed by atoms with E-state index in [0.717, 1.165) is 17.7 Å². The standard InChI is InChI=1S/C18H15ClF3N3O/c1-25(10-12-4-2-7-15(19)8-12)11-16-23-17(24-26-16)13-5-3-6-14(9-13)18(20,21)22/h2-9H,10-11H2,1H3. The van der Waals surface area contributed by atoms with E-state index < -0.39 is 11.7 Å². The molecule has 0 radical (unpaired) electrons. The van der Waals surface area contributed by atoms with Crippen molar-refractivity contribution < 1.29 is 17.7 Å². The molecule has 136 valence electrons. The maximum Gasteiger partial charge on any atom is 0.416 e. The fourth-order valence-corrected chi connectivity index (χ4v) is 2.72. The highest BCUT2D eigenvalue weighted by molar-refractivity contribution is 6.30. The summed E-state index contributed by atoms with van der Waals surface area (Å²) in [6, 6.07) is 12.3. The van der Waals surface area contributed by atoms with E-state index in [2.05, 4.69) is 10.1 Å². The molecule has 0 amide bonds. The van der Waals surface area contributed by atoms with Crippen LogP contribution in [0.1, 0.15) is 17.0 Å². The average Bonchev–Trinajstić information content (AvgIpc) is 3.02. The minimum absolute atomic E-state index is 0.127. The minimum Gasteiger partial charge on any atom is -0.338 e. The van der Waals surface area contributed by atoms with Gasteiger partial charge in [-0.05, 0) is 36.9 Å². The summed E-state index contributed by atoms with van der Waals surface area (Å²) in [5.41, 5.74) is 0.532. The summed E-state index contributed by atoms with van der Waals surface area (Å²) in [6.07, 6.45) is -4.42. The molecule has 0 atom stereocenters. The van der Waals surface area contributed by atoms with Crippen LogP contribution in [-0.2, 0) is 19.3 Å². The number of nitrogens with zero attached hydrogens (tertiary/aromatic N) is 3. The van der Waals surface area contributed by atoms with Crippen molar-refractivity contribution in [2.24, 2.45) is 0 Å². The van der Waals surface area contributed by atoms with E-state index in [1.807, 2.05) is 30.1 Å². The van der Waals surface area contributed by atoms with Crippen LogP contribution in [0.3, 0.4) is 0 Å². The van der Waals surface area contributed by atoms with Crippen molar-refractivity contribution in [1.29, 1.82) is 0 Å². The molecule has 0 N–H and O–H groups in total. The lowest BCUT2D eigenvalue weighted by molar-refractivity contribution is -0.137.